The SMILES string of the molecule is CCC(C)OC(C)C(OC(OC(CC(=O)O)C(O)C(O)C(O)C(C)CC)C(C)O)C(=O)O. The topological polar surface area (TPSA) is 183 Å². The molecule has 32 heavy (non-hydrogen) atoms. The summed E-state index contributed by atoms with van der Waals surface area (Å²) < 4.78 is 16.4. The molecular weight excluding hydrogens is 428 g/mol. The highest BCUT2D eigenvalue weighted by Crippen LogP contribution is 2.22. The molecule has 10 unspecified atom stereocenters. The summed E-state index contributed by atoms with van der Waals surface area (Å²) in [4.78, 5) is 23.0. The lowest BCUT2D eigenvalue weighted by Gasteiger charge is -2.35. The predicted octanol–water partition coefficient (Wildman–Crippen LogP) is 0.355. The number of carbonyl (C=O) groups is 2. The minimum atomic E-state index is -1.85. The van der Waals surface area contributed by atoms with Gasteiger partial charge in [-0.05, 0) is 33.1 Å². The molecule has 11 heteroatoms. The van der Waals surface area contributed by atoms with Gasteiger partial charge in [0.05, 0.1) is 30.8 Å². The van der Waals surface area contributed by atoms with E-state index in [0.717, 1.165) is 0 Å². The summed E-state index contributed by atoms with van der Waals surface area (Å²) in [7, 11) is 0. The number of rotatable bonds is 17. The molecule has 0 saturated heterocycles. The quantitative estimate of drug-likeness (QED) is 0.162. The van der Waals surface area contributed by atoms with E-state index < -0.39 is 73.3 Å². The van der Waals surface area contributed by atoms with Gasteiger partial charge in [0.1, 0.15) is 18.3 Å². The van der Waals surface area contributed by atoms with Crippen molar-refractivity contribution in [2.75, 3.05) is 0 Å². The Hall–Kier alpha value is -1.34. The number of aliphatic carboxylic acids is 2. The van der Waals surface area contributed by atoms with Gasteiger partial charge in [-0.1, -0.05) is 27.2 Å². The van der Waals surface area contributed by atoms with E-state index in [1.165, 1.54) is 13.8 Å². The third-order valence-corrected chi connectivity index (χ3v) is 5.36. The fraction of sp³-hybridized carbons (Fsp3) is 0.905. The zero-order valence-corrected chi connectivity index (χ0v) is 19.6. The molecule has 0 aromatic carbocycles. The summed E-state index contributed by atoms with van der Waals surface area (Å²) >= 11 is 0. The molecule has 0 saturated carbocycles. The highest BCUT2D eigenvalue weighted by Gasteiger charge is 2.39. The Morgan fingerprint density at radius 3 is 1.75 bits per heavy atom. The molecule has 0 spiro atoms. The molecule has 0 aromatic rings. The zero-order chi connectivity index (χ0) is 25.2. The van der Waals surface area contributed by atoms with Crippen molar-refractivity contribution in [3.05, 3.63) is 0 Å². The van der Waals surface area contributed by atoms with Gasteiger partial charge in [0.25, 0.3) is 0 Å². The van der Waals surface area contributed by atoms with Crippen LogP contribution in [0.2, 0.25) is 0 Å². The molecule has 10 atom stereocenters. The summed E-state index contributed by atoms with van der Waals surface area (Å²) in [6.07, 6.45) is -12.1. The molecule has 0 aromatic heterocycles. The lowest BCUT2D eigenvalue weighted by Crippen LogP contribution is -2.51. The zero-order valence-electron chi connectivity index (χ0n) is 19.6. The smallest absolute Gasteiger partial charge is 0.335 e. The van der Waals surface area contributed by atoms with Gasteiger partial charge in [0, 0.05) is 0 Å². The van der Waals surface area contributed by atoms with Crippen LogP contribution in [0.15, 0.2) is 0 Å². The second-order valence-electron chi connectivity index (χ2n) is 8.19. The normalized spacial score (nSPS) is 21.4. The van der Waals surface area contributed by atoms with Gasteiger partial charge >= 0.3 is 11.9 Å². The summed E-state index contributed by atoms with van der Waals surface area (Å²) in [5.74, 6) is -3.17. The molecule has 0 bridgehead atoms. The number of ether oxygens (including phenoxy) is 3. The Bertz CT molecular complexity index is 556. The largest absolute Gasteiger partial charge is 0.481 e. The second kappa shape index (κ2) is 14.7. The van der Waals surface area contributed by atoms with Gasteiger partial charge in [-0.25, -0.2) is 4.79 Å². The Morgan fingerprint density at radius 2 is 1.34 bits per heavy atom. The standard InChI is InChI=1S/C21H40O11/c1-7-10(3)16(25)18(27)17(26)14(9-15(23)24)31-21(12(5)22)32-19(20(28)29)13(6)30-11(4)8-2/h10-14,16-19,21-22,25-27H,7-9H2,1-6H3,(H,23,24)(H,28,29). The highest BCUT2D eigenvalue weighted by atomic mass is 16.7. The van der Waals surface area contributed by atoms with Gasteiger partial charge in [0.15, 0.2) is 12.4 Å². The van der Waals surface area contributed by atoms with Gasteiger partial charge < -0.3 is 44.8 Å². The number of hydrogen-bond acceptors (Lipinski definition) is 9. The van der Waals surface area contributed by atoms with E-state index in [2.05, 4.69) is 0 Å². The van der Waals surface area contributed by atoms with Crippen molar-refractivity contribution in [1.29, 1.82) is 0 Å². The van der Waals surface area contributed by atoms with Crippen molar-refractivity contribution < 1.29 is 54.4 Å². The van der Waals surface area contributed by atoms with Crippen LogP contribution in [-0.4, -0.2) is 97.7 Å². The van der Waals surface area contributed by atoms with Gasteiger partial charge in [0.2, 0.25) is 0 Å². The van der Waals surface area contributed by atoms with E-state index in [-0.39, 0.29) is 6.10 Å². The van der Waals surface area contributed by atoms with Crippen molar-refractivity contribution >= 4 is 11.9 Å². The summed E-state index contributed by atoms with van der Waals surface area (Å²) in [6.45, 7) is 9.72. The van der Waals surface area contributed by atoms with Crippen LogP contribution in [0, 0.1) is 5.92 Å². The molecule has 11 nitrogen and oxygen atoms in total. The third-order valence-electron chi connectivity index (χ3n) is 5.36. The molecule has 0 aliphatic rings. The van der Waals surface area contributed by atoms with E-state index in [4.69, 9.17) is 14.2 Å². The first-order valence-corrected chi connectivity index (χ1v) is 10.9. The van der Waals surface area contributed by atoms with Crippen LogP contribution in [0.5, 0.6) is 0 Å². The van der Waals surface area contributed by atoms with Crippen LogP contribution < -0.4 is 0 Å². The molecule has 6 N–H and O–H groups in total. The van der Waals surface area contributed by atoms with Crippen molar-refractivity contribution in [2.24, 2.45) is 5.92 Å². The van der Waals surface area contributed by atoms with Crippen LogP contribution in [0.4, 0.5) is 0 Å². The minimum Gasteiger partial charge on any atom is -0.481 e. The average Bonchev–Trinajstić information content (AvgIpc) is 2.72. The van der Waals surface area contributed by atoms with Crippen LogP contribution in [0.1, 0.15) is 60.8 Å². The summed E-state index contributed by atoms with van der Waals surface area (Å²) in [5, 5.41) is 59.8. The van der Waals surface area contributed by atoms with Crippen LogP contribution in [-0.2, 0) is 23.8 Å². The molecule has 0 aliphatic carbocycles. The Balaban J connectivity index is 5.64. The van der Waals surface area contributed by atoms with Crippen molar-refractivity contribution in [3.63, 3.8) is 0 Å². The second-order valence-corrected chi connectivity index (χ2v) is 8.19. The highest BCUT2D eigenvalue weighted by molar-refractivity contribution is 5.73. The summed E-state index contributed by atoms with van der Waals surface area (Å²) in [6, 6.07) is 0. The van der Waals surface area contributed by atoms with Gasteiger partial charge in [-0.2, -0.15) is 0 Å². The fourth-order valence-corrected chi connectivity index (χ4v) is 2.90. The molecule has 0 heterocycles. The summed E-state index contributed by atoms with van der Waals surface area (Å²) in [5.41, 5.74) is 0. The van der Waals surface area contributed by atoms with Crippen LogP contribution >= 0.6 is 0 Å². The first kappa shape index (κ1) is 30.7. The first-order chi connectivity index (χ1) is 14.8. The number of hydrogen-bond donors (Lipinski definition) is 6. The first-order valence-electron chi connectivity index (χ1n) is 10.9. The maximum absolute atomic E-state index is 11.7. The monoisotopic (exact) mass is 468 g/mol. The molecular formula is C21H40O11. The maximum atomic E-state index is 11.7. The van der Waals surface area contributed by atoms with Gasteiger partial charge in [-0.15, -0.1) is 0 Å². The minimum absolute atomic E-state index is 0.264. The van der Waals surface area contributed by atoms with Gasteiger partial charge in [-0.3, -0.25) is 4.79 Å². The lowest BCUT2D eigenvalue weighted by molar-refractivity contribution is -0.267. The lowest BCUT2D eigenvalue weighted by atomic mass is 9.91. The predicted molar refractivity (Wildman–Crippen MR) is 113 cm³/mol. The maximum Gasteiger partial charge on any atom is 0.335 e. The molecule has 190 valence electrons. The van der Waals surface area contributed by atoms with E-state index in [1.54, 1.807) is 20.8 Å². The molecule has 0 aliphatic heterocycles. The van der Waals surface area contributed by atoms with E-state index in [0.29, 0.717) is 12.8 Å². The average molecular weight is 469 g/mol. The van der Waals surface area contributed by atoms with Crippen LogP contribution in [0.25, 0.3) is 0 Å². The van der Waals surface area contributed by atoms with Crippen LogP contribution in [0.3, 0.4) is 0 Å². The Morgan fingerprint density at radius 1 is 0.781 bits per heavy atom. The van der Waals surface area contributed by atoms with Crippen molar-refractivity contribution in [2.45, 2.75) is 116 Å². The number of aliphatic hydroxyl groups excluding tert-OH is 4. The van der Waals surface area contributed by atoms with Crippen molar-refractivity contribution in [1.82, 2.24) is 0 Å². The Kier molecular flexibility index (Phi) is 14.1. The molecule has 0 amide bonds. The van der Waals surface area contributed by atoms with E-state index in [9.17, 15) is 40.2 Å². The van der Waals surface area contributed by atoms with Crippen molar-refractivity contribution in [3.8, 4) is 0 Å². The van der Waals surface area contributed by atoms with E-state index >= 15 is 0 Å². The third kappa shape index (κ3) is 10.1. The molecule has 0 rings (SSSR count). The number of carboxylic acid groups (broad SMARTS) is 2. The molecule has 0 radical (unpaired) electrons. The number of aliphatic hydroxyl groups is 4. The Labute approximate surface area is 188 Å². The number of carboxylic acids is 2. The fourth-order valence-electron chi connectivity index (χ4n) is 2.90. The molecule has 0 fully saturated rings. The van der Waals surface area contributed by atoms with E-state index in [1.807, 2.05) is 6.92 Å².